The molecule has 37 heavy (non-hydrogen) atoms. The smallest absolute Gasteiger partial charge is 0.260 e. The van der Waals surface area contributed by atoms with Crippen LogP contribution in [0.1, 0.15) is 25.1 Å². The van der Waals surface area contributed by atoms with Gasteiger partial charge in [-0.3, -0.25) is 4.79 Å². The van der Waals surface area contributed by atoms with Crippen molar-refractivity contribution >= 4 is 23.4 Å². The van der Waals surface area contributed by atoms with Crippen molar-refractivity contribution in [2.75, 3.05) is 61.1 Å². The lowest BCUT2D eigenvalue weighted by molar-refractivity contribution is -0.134. The van der Waals surface area contributed by atoms with Gasteiger partial charge in [-0.05, 0) is 38.1 Å². The predicted octanol–water partition coefficient (Wildman–Crippen LogP) is 3.61. The van der Waals surface area contributed by atoms with Gasteiger partial charge >= 0.3 is 0 Å². The molecule has 0 aliphatic carbocycles. The third-order valence-electron chi connectivity index (χ3n) is 7.28. The molecule has 2 aromatic carbocycles. The molecule has 8 nitrogen and oxygen atoms in total. The van der Waals surface area contributed by atoms with Gasteiger partial charge in [-0.1, -0.05) is 36.4 Å². The first-order valence-electron chi connectivity index (χ1n) is 13.1. The molecule has 1 fully saturated rings. The maximum atomic E-state index is 13.0. The van der Waals surface area contributed by atoms with Gasteiger partial charge < -0.3 is 24.3 Å². The molecule has 3 aromatic rings. The van der Waals surface area contributed by atoms with E-state index in [-0.39, 0.29) is 18.6 Å². The fourth-order valence-electron chi connectivity index (χ4n) is 4.83. The Morgan fingerprint density at radius 1 is 0.919 bits per heavy atom. The Morgan fingerprint density at radius 3 is 2.24 bits per heavy atom. The van der Waals surface area contributed by atoms with Crippen LogP contribution in [0.3, 0.4) is 0 Å². The predicted molar refractivity (Wildman–Crippen MR) is 147 cm³/mol. The number of fused-ring (bicyclic) bond motifs is 1. The molecule has 1 aromatic heterocycles. The molecule has 5 rings (SSSR count). The molecular formula is C29H36N6O2. The first-order valence-corrected chi connectivity index (χ1v) is 13.1. The summed E-state index contributed by atoms with van der Waals surface area (Å²) >= 11 is 0. The van der Waals surface area contributed by atoms with Gasteiger partial charge in [0.2, 0.25) is 5.95 Å². The van der Waals surface area contributed by atoms with Gasteiger partial charge in [0.25, 0.3) is 5.91 Å². The zero-order valence-corrected chi connectivity index (χ0v) is 22.0. The van der Waals surface area contributed by atoms with Crippen LogP contribution in [0.5, 0.6) is 5.75 Å². The third kappa shape index (κ3) is 5.63. The summed E-state index contributed by atoms with van der Waals surface area (Å²) in [5.74, 6) is 2.39. The number of carbonyl (C=O) groups is 1. The van der Waals surface area contributed by atoms with Crippen LogP contribution in [0.4, 0.5) is 17.5 Å². The number of ether oxygens (including phenoxy) is 1. The summed E-state index contributed by atoms with van der Waals surface area (Å²) < 4.78 is 5.72. The summed E-state index contributed by atoms with van der Waals surface area (Å²) in [6.07, 6.45) is 0.713. The number of aromatic nitrogens is 2. The highest BCUT2D eigenvalue weighted by Gasteiger charge is 2.29. The van der Waals surface area contributed by atoms with E-state index in [0.717, 1.165) is 49.2 Å². The number of rotatable bonds is 7. The third-order valence-corrected chi connectivity index (χ3v) is 7.28. The molecule has 194 valence electrons. The van der Waals surface area contributed by atoms with Gasteiger partial charge in [-0.2, -0.15) is 4.98 Å². The molecule has 0 N–H and O–H groups in total. The molecule has 8 heteroatoms. The van der Waals surface area contributed by atoms with Crippen molar-refractivity contribution in [3.05, 3.63) is 71.9 Å². The highest BCUT2D eigenvalue weighted by molar-refractivity contribution is 5.78. The van der Waals surface area contributed by atoms with Crippen LogP contribution < -0.4 is 19.4 Å². The van der Waals surface area contributed by atoms with E-state index < -0.39 is 0 Å². The van der Waals surface area contributed by atoms with Crippen LogP contribution >= 0.6 is 0 Å². The minimum atomic E-state index is -0.0197. The molecule has 0 spiro atoms. The molecule has 1 amide bonds. The second-order valence-corrected chi connectivity index (χ2v) is 9.95. The van der Waals surface area contributed by atoms with Crippen LogP contribution in [0.15, 0.2) is 60.7 Å². The average Bonchev–Trinajstić information content (AvgIpc) is 2.95. The lowest BCUT2D eigenvalue weighted by Gasteiger charge is -2.38. The standard InChI is InChI=1S/C29H36N6O2/c1-22(2)32(3)28-25-20-35(27(36)21-37-24-12-8-5-9-13-24)15-14-26(25)30-29(31-28)34-18-16-33(17-19-34)23-10-6-4-7-11-23/h4-13,22H,14-21H2,1-3H3. The number of benzene rings is 2. The Morgan fingerprint density at radius 2 is 1.57 bits per heavy atom. The quantitative estimate of drug-likeness (QED) is 0.491. The van der Waals surface area contributed by atoms with Gasteiger partial charge in [0.15, 0.2) is 6.61 Å². The normalized spacial score (nSPS) is 15.5. The highest BCUT2D eigenvalue weighted by atomic mass is 16.5. The van der Waals surface area contributed by atoms with Crippen molar-refractivity contribution in [3.63, 3.8) is 0 Å². The fraction of sp³-hybridized carbons (Fsp3) is 0.414. The van der Waals surface area contributed by atoms with Crippen molar-refractivity contribution in [1.29, 1.82) is 0 Å². The number of nitrogens with zero attached hydrogens (tertiary/aromatic N) is 6. The van der Waals surface area contributed by atoms with Crippen LogP contribution in [-0.4, -0.2) is 73.2 Å². The van der Waals surface area contributed by atoms with Crippen LogP contribution in [-0.2, 0) is 17.8 Å². The Labute approximate surface area is 219 Å². The van der Waals surface area contributed by atoms with Crippen molar-refractivity contribution in [2.45, 2.75) is 32.9 Å². The van der Waals surface area contributed by atoms with E-state index in [1.54, 1.807) is 0 Å². The van der Waals surface area contributed by atoms with E-state index in [0.29, 0.717) is 25.3 Å². The van der Waals surface area contributed by atoms with E-state index >= 15 is 0 Å². The first kappa shape index (κ1) is 24.9. The summed E-state index contributed by atoms with van der Waals surface area (Å²) in [5, 5.41) is 0. The molecule has 1 saturated heterocycles. The number of hydrogen-bond acceptors (Lipinski definition) is 7. The first-order chi connectivity index (χ1) is 18.0. The minimum Gasteiger partial charge on any atom is -0.484 e. The second-order valence-electron chi connectivity index (χ2n) is 9.95. The van der Waals surface area contributed by atoms with Crippen LogP contribution in [0.25, 0.3) is 0 Å². The molecule has 0 bridgehead atoms. The number of amides is 1. The lowest BCUT2D eigenvalue weighted by Crippen LogP contribution is -2.47. The molecule has 2 aliphatic heterocycles. The van der Waals surface area contributed by atoms with Crippen molar-refractivity contribution in [1.82, 2.24) is 14.9 Å². The topological polar surface area (TPSA) is 65.0 Å². The monoisotopic (exact) mass is 500 g/mol. The largest absolute Gasteiger partial charge is 0.484 e. The summed E-state index contributed by atoms with van der Waals surface area (Å²) in [5.41, 5.74) is 3.35. The number of carbonyl (C=O) groups excluding carboxylic acids is 1. The summed E-state index contributed by atoms with van der Waals surface area (Å²) in [6, 6.07) is 20.3. The van der Waals surface area contributed by atoms with Gasteiger partial charge in [-0.25, -0.2) is 4.98 Å². The maximum absolute atomic E-state index is 13.0. The van der Waals surface area contributed by atoms with E-state index in [9.17, 15) is 4.79 Å². The SMILES string of the molecule is CC(C)N(C)c1nc(N2CCN(c3ccccc3)CC2)nc2c1CN(C(=O)COc1ccccc1)CC2. The van der Waals surface area contributed by atoms with Gasteiger partial charge in [0.1, 0.15) is 11.6 Å². The Bertz CT molecular complexity index is 1200. The summed E-state index contributed by atoms with van der Waals surface area (Å²) in [7, 11) is 2.07. The molecule has 0 unspecified atom stereocenters. The molecular weight excluding hydrogens is 464 g/mol. The Kier molecular flexibility index (Phi) is 7.44. The Hall–Kier alpha value is -3.81. The van der Waals surface area contributed by atoms with Crippen LogP contribution in [0.2, 0.25) is 0 Å². The van der Waals surface area contributed by atoms with Crippen molar-refractivity contribution in [2.24, 2.45) is 0 Å². The number of anilines is 3. The molecule has 2 aliphatic rings. The van der Waals surface area contributed by atoms with E-state index in [2.05, 4.69) is 65.9 Å². The number of piperazine rings is 1. The van der Waals surface area contributed by atoms with Crippen molar-refractivity contribution in [3.8, 4) is 5.75 Å². The molecule has 0 atom stereocenters. The second kappa shape index (κ2) is 11.1. The van der Waals surface area contributed by atoms with Crippen LogP contribution in [0, 0.1) is 0 Å². The molecule has 3 heterocycles. The number of para-hydroxylation sites is 2. The Balaban J connectivity index is 1.32. The minimum absolute atomic E-state index is 0.0197. The van der Waals surface area contributed by atoms with Crippen molar-refractivity contribution < 1.29 is 9.53 Å². The van der Waals surface area contributed by atoms with E-state index in [1.165, 1.54) is 5.69 Å². The highest BCUT2D eigenvalue weighted by Crippen LogP contribution is 2.30. The van der Waals surface area contributed by atoms with Gasteiger partial charge in [-0.15, -0.1) is 0 Å². The van der Waals surface area contributed by atoms with Gasteiger partial charge in [0, 0.05) is 63.5 Å². The zero-order valence-electron chi connectivity index (χ0n) is 22.0. The summed E-state index contributed by atoms with van der Waals surface area (Å²) in [4.78, 5) is 31.9. The lowest BCUT2D eigenvalue weighted by atomic mass is 10.0. The molecule has 0 saturated carbocycles. The zero-order chi connectivity index (χ0) is 25.8. The summed E-state index contributed by atoms with van der Waals surface area (Å²) in [6.45, 7) is 9.10. The van der Waals surface area contributed by atoms with E-state index in [4.69, 9.17) is 14.7 Å². The average molecular weight is 501 g/mol. The molecule has 0 radical (unpaired) electrons. The van der Waals surface area contributed by atoms with Gasteiger partial charge in [0.05, 0.1) is 12.2 Å². The maximum Gasteiger partial charge on any atom is 0.260 e. The fourth-order valence-corrected chi connectivity index (χ4v) is 4.83. The number of hydrogen-bond donors (Lipinski definition) is 0. The van der Waals surface area contributed by atoms with E-state index in [1.807, 2.05) is 35.2 Å².